The molecule has 1 aromatic rings. The Morgan fingerprint density at radius 2 is 1.92 bits per heavy atom. The monoisotopic (exact) mass is 163 g/mol. The van der Waals surface area contributed by atoms with Crippen LogP contribution in [0.1, 0.15) is 25.0 Å². The van der Waals surface area contributed by atoms with Gasteiger partial charge in [0.15, 0.2) is 0 Å². The number of benzene rings is 1. The van der Waals surface area contributed by atoms with Gasteiger partial charge in [0, 0.05) is 12.6 Å². The molecule has 1 rings (SSSR count). The van der Waals surface area contributed by atoms with Crippen molar-refractivity contribution in [1.29, 1.82) is 0 Å². The van der Waals surface area contributed by atoms with E-state index in [0.29, 0.717) is 6.04 Å². The van der Waals surface area contributed by atoms with Crippen molar-refractivity contribution in [3.05, 3.63) is 35.4 Å². The molecule has 1 nitrogen and oxygen atoms in total. The van der Waals surface area contributed by atoms with Gasteiger partial charge in [0.2, 0.25) is 0 Å². The molecule has 12 heavy (non-hydrogen) atoms. The van der Waals surface area contributed by atoms with E-state index in [-0.39, 0.29) is 0 Å². The molecule has 0 radical (unpaired) electrons. The van der Waals surface area contributed by atoms with E-state index >= 15 is 0 Å². The van der Waals surface area contributed by atoms with Gasteiger partial charge in [-0.2, -0.15) is 0 Å². The standard InChI is InChI=1S/C11H17N/c1-9(2)12-8-11-7-5-4-6-10(11)3/h4-7,9,12H,8H2,1-3H3. The molecule has 0 aliphatic rings. The number of hydrogen-bond donors (Lipinski definition) is 1. The molecule has 1 heteroatoms. The Kier molecular flexibility index (Phi) is 3.30. The van der Waals surface area contributed by atoms with E-state index in [1.807, 2.05) is 0 Å². The lowest BCUT2D eigenvalue weighted by Crippen LogP contribution is -2.22. The van der Waals surface area contributed by atoms with Crippen LogP contribution in [-0.2, 0) is 6.54 Å². The number of nitrogens with one attached hydrogen (secondary N) is 1. The van der Waals surface area contributed by atoms with Crippen molar-refractivity contribution < 1.29 is 0 Å². The van der Waals surface area contributed by atoms with Crippen LogP contribution < -0.4 is 5.32 Å². The summed E-state index contributed by atoms with van der Waals surface area (Å²) in [6.07, 6.45) is 0. The lowest BCUT2D eigenvalue weighted by molar-refractivity contribution is 0.587. The van der Waals surface area contributed by atoms with Gasteiger partial charge in [0.25, 0.3) is 0 Å². The lowest BCUT2D eigenvalue weighted by atomic mass is 10.1. The van der Waals surface area contributed by atoms with E-state index in [0.717, 1.165) is 6.54 Å². The molecule has 0 bridgehead atoms. The molecule has 0 heterocycles. The predicted octanol–water partition coefficient (Wildman–Crippen LogP) is 2.49. The highest BCUT2D eigenvalue weighted by Crippen LogP contribution is 2.06. The average molecular weight is 163 g/mol. The maximum atomic E-state index is 3.40. The van der Waals surface area contributed by atoms with E-state index < -0.39 is 0 Å². The van der Waals surface area contributed by atoms with Crippen LogP contribution in [0.4, 0.5) is 0 Å². The van der Waals surface area contributed by atoms with Crippen molar-refractivity contribution in [3.63, 3.8) is 0 Å². The number of hydrogen-bond acceptors (Lipinski definition) is 1. The summed E-state index contributed by atoms with van der Waals surface area (Å²) in [6.45, 7) is 7.46. The zero-order valence-corrected chi connectivity index (χ0v) is 8.09. The first kappa shape index (κ1) is 9.27. The summed E-state index contributed by atoms with van der Waals surface area (Å²) in [5, 5.41) is 3.40. The number of aryl methyl sites for hydroxylation is 1. The minimum atomic E-state index is 0.560. The predicted molar refractivity (Wildman–Crippen MR) is 53.2 cm³/mol. The molecule has 0 saturated heterocycles. The van der Waals surface area contributed by atoms with Crippen LogP contribution in [0.3, 0.4) is 0 Å². The molecule has 1 N–H and O–H groups in total. The minimum absolute atomic E-state index is 0.560. The average Bonchev–Trinajstić information content (AvgIpc) is 2.03. The lowest BCUT2D eigenvalue weighted by Gasteiger charge is -2.09. The van der Waals surface area contributed by atoms with Crippen molar-refractivity contribution in [2.75, 3.05) is 0 Å². The van der Waals surface area contributed by atoms with Gasteiger partial charge in [-0.1, -0.05) is 38.1 Å². The quantitative estimate of drug-likeness (QED) is 0.722. The highest BCUT2D eigenvalue weighted by atomic mass is 14.9. The van der Waals surface area contributed by atoms with Gasteiger partial charge in [-0.15, -0.1) is 0 Å². The summed E-state index contributed by atoms with van der Waals surface area (Å²) in [6, 6.07) is 9.05. The smallest absolute Gasteiger partial charge is 0.0210 e. The Labute approximate surface area is 74.8 Å². The second-order valence-corrected chi connectivity index (χ2v) is 3.46. The number of rotatable bonds is 3. The van der Waals surface area contributed by atoms with Crippen LogP contribution in [0.25, 0.3) is 0 Å². The summed E-state index contributed by atoms with van der Waals surface area (Å²) >= 11 is 0. The molecule has 1 aromatic carbocycles. The molecule has 0 fully saturated rings. The Morgan fingerprint density at radius 3 is 2.50 bits per heavy atom. The van der Waals surface area contributed by atoms with Crippen molar-refractivity contribution in [3.8, 4) is 0 Å². The highest BCUT2D eigenvalue weighted by Gasteiger charge is 1.96. The van der Waals surface area contributed by atoms with Gasteiger partial charge in [0.1, 0.15) is 0 Å². The fraction of sp³-hybridized carbons (Fsp3) is 0.455. The molecule has 0 spiro atoms. The molecule has 0 unspecified atom stereocenters. The molecule has 0 atom stereocenters. The summed E-state index contributed by atoms with van der Waals surface area (Å²) in [5.74, 6) is 0. The maximum absolute atomic E-state index is 3.40. The van der Waals surface area contributed by atoms with Gasteiger partial charge in [0.05, 0.1) is 0 Å². The fourth-order valence-electron chi connectivity index (χ4n) is 1.12. The second-order valence-electron chi connectivity index (χ2n) is 3.46. The van der Waals surface area contributed by atoms with E-state index in [1.54, 1.807) is 0 Å². The fourth-order valence-corrected chi connectivity index (χ4v) is 1.12. The maximum Gasteiger partial charge on any atom is 0.0210 e. The van der Waals surface area contributed by atoms with Crippen LogP contribution in [0.15, 0.2) is 24.3 Å². The van der Waals surface area contributed by atoms with E-state index in [9.17, 15) is 0 Å². The SMILES string of the molecule is Cc1ccccc1CNC(C)C. The van der Waals surface area contributed by atoms with Crippen molar-refractivity contribution >= 4 is 0 Å². The van der Waals surface area contributed by atoms with Gasteiger partial charge >= 0.3 is 0 Å². The van der Waals surface area contributed by atoms with Crippen molar-refractivity contribution in [2.45, 2.75) is 33.4 Å². The van der Waals surface area contributed by atoms with Crippen LogP contribution in [0, 0.1) is 6.92 Å². The summed E-state index contributed by atoms with van der Waals surface area (Å²) < 4.78 is 0. The molecular formula is C11H17N. The van der Waals surface area contributed by atoms with Crippen LogP contribution >= 0.6 is 0 Å². The third-order valence-electron chi connectivity index (χ3n) is 1.96. The van der Waals surface area contributed by atoms with Gasteiger partial charge < -0.3 is 5.32 Å². The first-order valence-electron chi connectivity index (χ1n) is 4.48. The van der Waals surface area contributed by atoms with Gasteiger partial charge in [-0.25, -0.2) is 0 Å². The molecular weight excluding hydrogens is 146 g/mol. The molecule has 66 valence electrons. The van der Waals surface area contributed by atoms with Gasteiger partial charge in [-0.05, 0) is 18.1 Å². The first-order valence-corrected chi connectivity index (χ1v) is 4.48. The molecule has 0 amide bonds. The summed E-state index contributed by atoms with van der Waals surface area (Å²) in [4.78, 5) is 0. The summed E-state index contributed by atoms with van der Waals surface area (Å²) in [7, 11) is 0. The van der Waals surface area contributed by atoms with Gasteiger partial charge in [-0.3, -0.25) is 0 Å². The van der Waals surface area contributed by atoms with E-state index in [4.69, 9.17) is 0 Å². The Morgan fingerprint density at radius 1 is 1.25 bits per heavy atom. The Hall–Kier alpha value is -0.820. The third kappa shape index (κ3) is 2.67. The summed E-state index contributed by atoms with van der Waals surface area (Å²) in [5.41, 5.74) is 2.76. The van der Waals surface area contributed by atoms with E-state index in [2.05, 4.69) is 50.4 Å². The van der Waals surface area contributed by atoms with Crippen LogP contribution in [0.2, 0.25) is 0 Å². The zero-order valence-electron chi connectivity index (χ0n) is 8.09. The zero-order chi connectivity index (χ0) is 8.97. The van der Waals surface area contributed by atoms with Crippen molar-refractivity contribution in [1.82, 2.24) is 5.32 Å². The first-order chi connectivity index (χ1) is 5.70. The van der Waals surface area contributed by atoms with Crippen molar-refractivity contribution in [2.24, 2.45) is 0 Å². The Bertz CT molecular complexity index is 241. The van der Waals surface area contributed by atoms with Crippen LogP contribution in [0.5, 0.6) is 0 Å². The third-order valence-corrected chi connectivity index (χ3v) is 1.96. The Balaban J connectivity index is 2.57. The second kappa shape index (κ2) is 4.27. The normalized spacial score (nSPS) is 10.7. The molecule has 0 aliphatic carbocycles. The largest absolute Gasteiger partial charge is 0.310 e. The molecule has 0 aliphatic heterocycles. The highest BCUT2D eigenvalue weighted by molar-refractivity contribution is 5.25. The van der Waals surface area contributed by atoms with E-state index in [1.165, 1.54) is 11.1 Å². The molecule has 0 aromatic heterocycles. The minimum Gasteiger partial charge on any atom is -0.310 e. The molecule has 0 saturated carbocycles. The van der Waals surface area contributed by atoms with Crippen LogP contribution in [-0.4, -0.2) is 6.04 Å². The topological polar surface area (TPSA) is 12.0 Å².